The molecule has 5 heteroatoms. The van der Waals surface area contributed by atoms with Crippen LogP contribution >= 0.6 is 0 Å². The van der Waals surface area contributed by atoms with Crippen molar-refractivity contribution in [2.75, 3.05) is 37.3 Å². The first-order chi connectivity index (χ1) is 10.1. The zero-order valence-corrected chi connectivity index (χ0v) is 14.2. The minimum atomic E-state index is 0.597. The molecule has 1 aromatic rings. The molecule has 2 N–H and O–H groups in total. The predicted molar refractivity (Wildman–Crippen MR) is 91.1 cm³/mol. The molecule has 0 amide bonds. The first kappa shape index (κ1) is 17.7. The molecule has 120 valence electrons. The van der Waals surface area contributed by atoms with Crippen LogP contribution in [0.25, 0.3) is 0 Å². The van der Waals surface area contributed by atoms with Gasteiger partial charge >= 0.3 is 0 Å². The quantitative estimate of drug-likeness (QED) is 0.650. The highest BCUT2D eigenvalue weighted by Crippen LogP contribution is 2.20. The summed E-state index contributed by atoms with van der Waals surface area (Å²) in [5, 5.41) is 6.84. The van der Waals surface area contributed by atoms with Crippen molar-refractivity contribution in [2.45, 2.75) is 53.0 Å². The highest BCUT2D eigenvalue weighted by Gasteiger charge is 2.09. The van der Waals surface area contributed by atoms with Crippen LogP contribution in [0.5, 0.6) is 0 Å². The molecular formula is C16H31N5. The Balaban J connectivity index is 2.54. The molecule has 21 heavy (non-hydrogen) atoms. The standard InChI is InChI=1S/C16H31N5/c1-6-9-17-15-14(7-2)16(20-12-19-15)18-10-8-11-21(5)13(3)4/h12-13H,6-11H2,1-5H3,(H2,17,18,19,20). The molecule has 0 unspecified atom stereocenters. The van der Waals surface area contributed by atoms with Crippen LogP contribution in [0.1, 0.15) is 46.1 Å². The zero-order chi connectivity index (χ0) is 15.7. The summed E-state index contributed by atoms with van der Waals surface area (Å²) in [6.45, 7) is 11.7. The Morgan fingerprint density at radius 2 is 1.71 bits per heavy atom. The molecule has 0 radical (unpaired) electrons. The number of aromatic nitrogens is 2. The largest absolute Gasteiger partial charge is 0.370 e. The molecule has 1 aromatic heterocycles. The van der Waals surface area contributed by atoms with E-state index in [2.05, 4.69) is 60.2 Å². The molecule has 0 saturated carbocycles. The van der Waals surface area contributed by atoms with E-state index in [4.69, 9.17) is 0 Å². The lowest BCUT2D eigenvalue weighted by molar-refractivity contribution is 0.273. The fourth-order valence-electron chi connectivity index (χ4n) is 2.09. The summed E-state index contributed by atoms with van der Waals surface area (Å²) < 4.78 is 0. The van der Waals surface area contributed by atoms with Crippen LogP contribution in [0, 0.1) is 0 Å². The van der Waals surface area contributed by atoms with E-state index >= 15 is 0 Å². The van der Waals surface area contributed by atoms with E-state index < -0.39 is 0 Å². The van der Waals surface area contributed by atoms with Crippen LogP contribution < -0.4 is 10.6 Å². The molecule has 0 atom stereocenters. The third kappa shape index (κ3) is 5.87. The Morgan fingerprint density at radius 3 is 2.24 bits per heavy atom. The van der Waals surface area contributed by atoms with Gasteiger partial charge in [-0.05, 0) is 46.7 Å². The van der Waals surface area contributed by atoms with E-state index in [0.29, 0.717) is 6.04 Å². The zero-order valence-electron chi connectivity index (χ0n) is 14.2. The SMILES string of the molecule is CCCNc1ncnc(NCCCN(C)C(C)C)c1CC. The van der Waals surface area contributed by atoms with E-state index in [1.54, 1.807) is 6.33 Å². The first-order valence-electron chi connectivity index (χ1n) is 8.11. The molecule has 0 aromatic carbocycles. The minimum Gasteiger partial charge on any atom is -0.370 e. The average Bonchev–Trinajstić information content (AvgIpc) is 2.48. The normalized spacial score (nSPS) is 11.2. The van der Waals surface area contributed by atoms with Gasteiger partial charge < -0.3 is 15.5 Å². The van der Waals surface area contributed by atoms with Gasteiger partial charge in [-0.15, -0.1) is 0 Å². The Morgan fingerprint density at radius 1 is 1.10 bits per heavy atom. The maximum Gasteiger partial charge on any atom is 0.134 e. The second-order valence-electron chi connectivity index (χ2n) is 5.68. The van der Waals surface area contributed by atoms with Crippen LogP contribution in [0.2, 0.25) is 0 Å². The van der Waals surface area contributed by atoms with Crippen molar-refractivity contribution >= 4 is 11.6 Å². The summed E-state index contributed by atoms with van der Waals surface area (Å²) >= 11 is 0. The van der Waals surface area contributed by atoms with E-state index in [0.717, 1.165) is 50.5 Å². The number of hydrogen-bond donors (Lipinski definition) is 2. The summed E-state index contributed by atoms with van der Waals surface area (Å²) in [4.78, 5) is 11.1. The molecule has 0 aliphatic heterocycles. The van der Waals surface area contributed by atoms with Crippen LogP contribution in [0.4, 0.5) is 11.6 Å². The highest BCUT2D eigenvalue weighted by atomic mass is 15.1. The van der Waals surface area contributed by atoms with Crippen molar-refractivity contribution in [3.63, 3.8) is 0 Å². The smallest absolute Gasteiger partial charge is 0.134 e. The van der Waals surface area contributed by atoms with Crippen LogP contribution in [0.15, 0.2) is 6.33 Å². The topological polar surface area (TPSA) is 53.1 Å². The molecule has 5 nitrogen and oxygen atoms in total. The molecule has 0 aliphatic rings. The number of hydrogen-bond acceptors (Lipinski definition) is 5. The van der Waals surface area contributed by atoms with Gasteiger partial charge in [0.15, 0.2) is 0 Å². The molecule has 0 spiro atoms. The molecule has 0 aliphatic carbocycles. The molecule has 0 saturated heterocycles. The fraction of sp³-hybridized carbons (Fsp3) is 0.750. The monoisotopic (exact) mass is 293 g/mol. The van der Waals surface area contributed by atoms with E-state index in [-0.39, 0.29) is 0 Å². The Bertz CT molecular complexity index is 406. The molecule has 0 fully saturated rings. The maximum atomic E-state index is 4.39. The summed E-state index contributed by atoms with van der Waals surface area (Å²) in [5.74, 6) is 1.94. The van der Waals surface area contributed by atoms with Gasteiger partial charge in [0.05, 0.1) is 0 Å². The van der Waals surface area contributed by atoms with Gasteiger partial charge in [-0.25, -0.2) is 9.97 Å². The number of rotatable bonds is 10. The van der Waals surface area contributed by atoms with E-state index in [9.17, 15) is 0 Å². The van der Waals surface area contributed by atoms with Gasteiger partial charge in [-0.3, -0.25) is 0 Å². The van der Waals surface area contributed by atoms with Crippen molar-refractivity contribution in [1.82, 2.24) is 14.9 Å². The molecule has 0 bridgehead atoms. The second-order valence-corrected chi connectivity index (χ2v) is 5.68. The van der Waals surface area contributed by atoms with Crippen molar-refractivity contribution in [2.24, 2.45) is 0 Å². The van der Waals surface area contributed by atoms with Crippen molar-refractivity contribution in [3.8, 4) is 0 Å². The predicted octanol–water partition coefficient (Wildman–Crippen LogP) is 3.00. The summed E-state index contributed by atoms with van der Waals surface area (Å²) in [7, 11) is 2.17. The van der Waals surface area contributed by atoms with Gasteiger partial charge in [0.25, 0.3) is 0 Å². The second kappa shape index (κ2) is 9.55. The maximum absolute atomic E-state index is 4.39. The molecule has 1 heterocycles. The van der Waals surface area contributed by atoms with Gasteiger partial charge in [0, 0.05) is 24.7 Å². The lowest BCUT2D eigenvalue weighted by Gasteiger charge is -2.21. The van der Waals surface area contributed by atoms with Crippen molar-refractivity contribution < 1.29 is 0 Å². The van der Waals surface area contributed by atoms with E-state index in [1.807, 2.05) is 0 Å². The summed E-state index contributed by atoms with van der Waals surface area (Å²) in [6, 6.07) is 0.597. The molecular weight excluding hydrogens is 262 g/mol. The van der Waals surface area contributed by atoms with E-state index in [1.165, 1.54) is 5.56 Å². The third-order valence-corrected chi connectivity index (χ3v) is 3.70. The lowest BCUT2D eigenvalue weighted by atomic mass is 10.2. The van der Waals surface area contributed by atoms with Crippen LogP contribution in [-0.4, -0.2) is 47.6 Å². The Kier molecular flexibility index (Phi) is 8.05. The fourth-order valence-corrected chi connectivity index (χ4v) is 2.09. The number of anilines is 2. The van der Waals surface area contributed by atoms with Gasteiger partial charge in [0.2, 0.25) is 0 Å². The molecule has 1 rings (SSSR count). The lowest BCUT2D eigenvalue weighted by Crippen LogP contribution is -2.28. The Labute approximate surface area is 129 Å². The first-order valence-corrected chi connectivity index (χ1v) is 8.11. The average molecular weight is 293 g/mol. The highest BCUT2D eigenvalue weighted by molar-refractivity contribution is 5.57. The van der Waals surface area contributed by atoms with Crippen LogP contribution in [-0.2, 0) is 6.42 Å². The third-order valence-electron chi connectivity index (χ3n) is 3.70. The number of nitrogens with one attached hydrogen (secondary N) is 2. The summed E-state index contributed by atoms with van der Waals surface area (Å²) in [6.07, 6.45) is 4.78. The summed E-state index contributed by atoms with van der Waals surface area (Å²) in [5.41, 5.74) is 1.18. The van der Waals surface area contributed by atoms with Crippen LogP contribution in [0.3, 0.4) is 0 Å². The van der Waals surface area contributed by atoms with Gasteiger partial charge in [-0.2, -0.15) is 0 Å². The van der Waals surface area contributed by atoms with Crippen molar-refractivity contribution in [3.05, 3.63) is 11.9 Å². The Hall–Kier alpha value is -1.36. The van der Waals surface area contributed by atoms with Gasteiger partial charge in [0.1, 0.15) is 18.0 Å². The number of nitrogens with zero attached hydrogens (tertiary/aromatic N) is 3. The van der Waals surface area contributed by atoms with Gasteiger partial charge in [-0.1, -0.05) is 13.8 Å². The minimum absolute atomic E-state index is 0.597. The van der Waals surface area contributed by atoms with Crippen molar-refractivity contribution in [1.29, 1.82) is 0 Å².